The molecule has 47 heavy (non-hydrogen) atoms. The molecule has 0 bridgehead atoms. The summed E-state index contributed by atoms with van der Waals surface area (Å²) < 4.78 is 9.97. The number of nitrogens with zero attached hydrogens (tertiary/aromatic N) is 5. The van der Waals surface area contributed by atoms with E-state index in [9.17, 15) is 10.2 Å². The van der Waals surface area contributed by atoms with Gasteiger partial charge in [-0.15, -0.1) is 0 Å². The van der Waals surface area contributed by atoms with Crippen molar-refractivity contribution in [2.75, 3.05) is 55.7 Å². The Bertz CT molecular complexity index is 967. The van der Waals surface area contributed by atoms with E-state index in [1.807, 2.05) is 0 Å². The van der Waals surface area contributed by atoms with Crippen molar-refractivity contribution in [3.8, 4) is 23.0 Å². The third kappa shape index (κ3) is 46.9. The topological polar surface area (TPSA) is 369 Å². The zero-order chi connectivity index (χ0) is 36.8. The number of para-hydroxylation sites is 2. The zero-order valence-electron chi connectivity index (χ0n) is 26.2. The molecule has 2 aromatic rings. The average Bonchev–Trinajstić information content (AvgIpc) is 3.01. The van der Waals surface area contributed by atoms with Gasteiger partial charge in [0, 0.05) is 54.0 Å². The molecule has 0 saturated carbocycles. The molecule has 0 aliphatic rings. The predicted molar refractivity (Wildman–Crippen MR) is 158 cm³/mol. The number of hydrogen-bond donors (Lipinski definition) is 4. The van der Waals surface area contributed by atoms with Crippen LogP contribution in [0.15, 0.2) is 46.4 Å². The number of rotatable bonds is 8. The third-order valence-electron chi connectivity index (χ3n) is 3.49. The van der Waals surface area contributed by atoms with Gasteiger partial charge in [0.1, 0.15) is 11.5 Å². The molecule has 2 aromatic carbocycles. The summed E-state index contributed by atoms with van der Waals surface area (Å²) in [5, 5.41) is 96.1. The first-order chi connectivity index (χ1) is 21.4. The van der Waals surface area contributed by atoms with Crippen LogP contribution in [-0.2, 0) is 19.5 Å². The molecule has 0 amide bonds. The molecule has 0 aromatic heterocycles. The molecule has 1 radical (unpaired) electrons. The summed E-state index contributed by atoms with van der Waals surface area (Å²) in [5.41, 5.74) is 0.991. The fourth-order valence-corrected chi connectivity index (χ4v) is 2.17. The van der Waals surface area contributed by atoms with E-state index in [0.717, 1.165) is 28.4 Å². The molecule has 0 atom stereocenters. The van der Waals surface area contributed by atoms with Crippen LogP contribution in [-0.4, -0.2) is 104 Å². The number of benzene rings is 2. The summed E-state index contributed by atoms with van der Waals surface area (Å²) >= 11 is 0. The van der Waals surface area contributed by atoms with Crippen molar-refractivity contribution in [3.05, 3.63) is 93.5 Å². The first-order valence-electron chi connectivity index (χ1n) is 11.3. The van der Waals surface area contributed by atoms with Gasteiger partial charge in [0.15, 0.2) is 0 Å². The van der Waals surface area contributed by atoms with Gasteiger partial charge in [-0.05, 0) is 29.7 Å². The molecule has 0 unspecified atom stereocenters. The molecule has 24 heteroatoms. The fourth-order valence-electron chi connectivity index (χ4n) is 2.17. The molecule has 2 rings (SSSR count). The van der Waals surface area contributed by atoms with E-state index < -0.39 is 15.3 Å². The largest absolute Gasteiger partial charge is 3.00 e. The van der Waals surface area contributed by atoms with Crippen LogP contribution in [0.2, 0.25) is 0 Å². The minimum Gasteiger partial charge on any atom is -0.870 e. The van der Waals surface area contributed by atoms with E-state index >= 15 is 0 Å². The van der Waals surface area contributed by atoms with Crippen molar-refractivity contribution in [3.63, 3.8) is 0 Å². The average molecular weight is 870 g/mol. The van der Waals surface area contributed by atoms with E-state index in [2.05, 4.69) is 9.98 Å². The maximum atomic E-state index is 11.9. The Kier molecular flexibility index (Phi) is 65.2. The molecule has 0 saturated heterocycles. The molecule has 0 spiro atoms. The molecule has 0 aliphatic heterocycles. The molecule has 0 aliphatic carbocycles. The molecule has 0 heterocycles. The van der Waals surface area contributed by atoms with Crippen LogP contribution in [0.3, 0.4) is 0 Å². The van der Waals surface area contributed by atoms with Gasteiger partial charge in [-0.3, -0.25) is 9.98 Å². The van der Waals surface area contributed by atoms with Gasteiger partial charge in [0.05, 0.1) is 29.5 Å². The second-order valence-electron chi connectivity index (χ2n) is 5.85. The Balaban J connectivity index is -0.0000000962. The minimum absolute atomic E-state index is 0. The zero-order valence-corrected chi connectivity index (χ0v) is 31.8. The normalized spacial score (nSPS) is 8.04. The first-order valence-corrected chi connectivity index (χ1v) is 11.3. The van der Waals surface area contributed by atoms with Crippen LogP contribution in [0, 0.1) is 86.4 Å². The van der Waals surface area contributed by atoms with Crippen molar-refractivity contribution >= 4 is 12.4 Å². The van der Waals surface area contributed by atoms with E-state index in [1.54, 1.807) is 48.8 Å². The molecule has 263 valence electrons. The van der Waals surface area contributed by atoms with Gasteiger partial charge in [0.2, 0.25) is 0 Å². The third-order valence-corrected chi connectivity index (χ3v) is 3.49. The number of hydrogen-bond acceptors (Lipinski definition) is 19. The SMILES string of the molecule is CO.CO.CO.CO.COc1cccc(C=NCCCN=Cc2cccc(OC)c2[O-])c1[O-].O=[N+]([O-])[O-].O=[N+]([O-])[O-].O=[N+]([O-])[O-].[Sm+3].[Zn+2]. The van der Waals surface area contributed by atoms with Gasteiger partial charge < -0.3 is 86.1 Å². The van der Waals surface area contributed by atoms with Gasteiger partial charge in [-0.2, -0.15) is 0 Å². The van der Waals surface area contributed by atoms with Gasteiger partial charge in [0.25, 0.3) is 0 Å². The van der Waals surface area contributed by atoms with E-state index in [4.69, 9.17) is 75.9 Å². The van der Waals surface area contributed by atoms with Gasteiger partial charge in [-0.1, -0.05) is 35.8 Å². The molecule has 22 nitrogen and oxygen atoms in total. The van der Waals surface area contributed by atoms with Crippen LogP contribution in [0.25, 0.3) is 0 Å². The van der Waals surface area contributed by atoms with E-state index in [1.165, 1.54) is 14.2 Å². The number of methoxy groups -OCH3 is 2. The van der Waals surface area contributed by atoms with Crippen LogP contribution in [0.4, 0.5) is 0 Å². The fraction of sp³-hybridized carbons (Fsp3) is 0.391. The predicted octanol–water partition coefficient (Wildman–Crippen LogP) is -0.507. The Labute approximate surface area is 314 Å². The summed E-state index contributed by atoms with van der Waals surface area (Å²) in [6.07, 6.45) is 3.81. The summed E-state index contributed by atoms with van der Waals surface area (Å²) in [7, 11) is 6.93. The molecular weight excluding hydrogens is 834 g/mol. The Morgan fingerprint density at radius 1 is 0.617 bits per heavy atom. The van der Waals surface area contributed by atoms with Gasteiger partial charge >= 0.3 is 59.9 Å². The first kappa shape index (κ1) is 62.2. The second kappa shape index (κ2) is 49.3. The number of aliphatic imine (C=N–C) groups is 2. The Hall–Kier alpha value is -3.62. The number of aliphatic hydroxyl groups is 4. The van der Waals surface area contributed by atoms with E-state index in [-0.39, 0.29) is 71.4 Å². The number of ether oxygens (including phenoxy) is 2. The van der Waals surface area contributed by atoms with Crippen LogP contribution in [0.1, 0.15) is 17.5 Å². The van der Waals surface area contributed by atoms with Crippen molar-refractivity contribution in [1.29, 1.82) is 0 Å². The van der Waals surface area contributed by atoms with Crippen molar-refractivity contribution in [1.82, 2.24) is 0 Å². The van der Waals surface area contributed by atoms with E-state index in [0.29, 0.717) is 42.1 Å². The van der Waals surface area contributed by atoms with Crippen LogP contribution >= 0.6 is 0 Å². The maximum Gasteiger partial charge on any atom is 3.00 e. The van der Waals surface area contributed by atoms with Crippen LogP contribution < -0.4 is 19.7 Å². The second-order valence-corrected chi connectivity index (χ2v) is 5.85. The summed E-state index contributed by atoms with van der Waals surface area (Å²) in [6.45, 7) is 1.08. The molecule has 4 N–H and O–H groups in total. The number of aliphatic hydroxyl groups excluding tert-OH is 4. The van der Waals surface area contributed by atoms with Crippen LogP contribution in [0.5, 0.6) is 23.0 Å². The van der Waals surface area contributed by atoms with Crippen molar-refractivity contribution in [2.45, 2.75) is 6.42 Å². The van der Waals surface area contributed by atoms with Crippen molar-refractivity contribution in [2.24, 2.45) is 9.98 Å². The quantitative estimate of drug-likeness (QED) is 0.0853. The van der Waals surface area contributed by atoms with Gasteiger partial charge in [-0.25, -0.2) is 0 Å². The van der Waals surface area contributed by atoms with Crippen molar-refractivity contribution < 1.29 is 115 Å². The standard InChI is InChI=1S/C19H22N2O4.4CH4O.3NO3.Sm.Zn/c1-24-16-8-3-6-14(18(16)22)12-20-10-5-11-21-13-15-7-4-9-17(25-2)19(15)23;4*1-2;3*2-1(3)4;;/h3-4,6-9,12-13,22-23H,5,10-11H2,1-2H3;4*2H,1H3;;;;;/q;;;;;3*-1;+3;+2/p-2. The smallest absolute Gasteiger partial charge is 0.870 e. The monoisotopic (exact) mass is 870 g/mol. The summed E-state index contributed by atoms with van der Waals surface area (Å²) in [6, 6.07) is 10.1. The molecule has 0 fully saturated rings. The Morgan fingerprint density at radius 3 is 1.06 bits per heavy atom. The minimum atomic E-state index is -1.75. The summed E-state index contributed by atoms with van der Waals surface area (Å²) in [4.78, 5) is 33.2. The summed E-state index contributed by atoms with van der Waals surface area (Å²) in [5.74, 6) is 0.265. The molecular formula is C23H36N5O17SmZn. The maximum absolute atomic E-state index is 11.9. The Morgan fingerprint density at radius 2 is 0.851 bits per heavy atom.